The van der Waals surface area contributed by atoms with E-state index in [0.29, 0.717) is 23.5 Å². The Labute approximate surface area is 124 Å². The van der Waals surface area contributed by atoms with Crippen LogP contribution in [0.2, 0.25) is 0 Å². The summed E-state index contributed by atoms with van der Waals surface area (Å²) in [5.74, 6) is 0.560. The van der Waals surface area contributed by atoms with Gasteiger partial charge in [0.15, 0.2) is 0 Å². The lowest BCUT2D eigenvalue weighted by Gasteiger charge is -2.10. The fourth-order valence-electron chi connectivity index (χ4n) is 2.15. The highest BCUT2D eigenvalue weighted by Gasteiger charge is 2.09. The Balaban J connectivity index is 2.07. The van der Waals surface area contributed by atoms with Crippen LogP contribution in [0.25, 0.3) is 0 Å². The number of ether oxygens (including phenoxy) is 1. The predicted octanol–water partition coefficient (Wildman–Crippen LogP) is 2.82. The number of methoxy groups -OCH3 is 1. The number of carbonyl (C=O) groups is 1. The van der Waals surface area contributed by atoms with Gasteiger partial charge in [-0.1, -0.05) is 23.8 Å². The topological polar surface area (TPSA) is 64.3 Å². The van der Waals surface area contributed by atoms with Crippen LogP contribution in [0.3, 0.4) is 0 Å². The van der Waals surface area contributed by atoms with E-state index in [1.165, 1.54) is 0 Å². The van der Waals surface area contributed by atoms with E-state index >= 15 is 0 Å². The largest absolute Gasteiger partial charge is 0.495 e. The zero-order valence-corrected chi connectivity index (χ0v) is 12.6. The van der Waals surface area contributed by atoms with Gasteiger partial charge in [0, 0.05) is 12.1 Å². The van der Waals surface area contributed by atoms with Crippen LogP contribution in [-0.4, -0.2) is 13.0 Å². The maximum Gasteiger partial charge on any atom is 0.251 e. The third-order valence-corrected chi connectivity index (χ3v) is 3.38. The summed E-state index contributed by atoms with van der Waals surface area (Å²) in [5, 5.41) is 2.91. The van der Waals surface area contributed by atoms with E-state index in [2.05, 4.69) is 5.32 Å². The molecule has 21 heavy (non-hydrogen) atoms. The number of carbonyl (C=O) groups excluding carboxylic acids is 1. The summed E-state index contributed by atoms with van der Waals surface area (Å²) in [7, 11) is 1.58. The van der Waals surface area contributed by atoms with Crippen LogP contribution in [0.5, 0.6) is 5.75 Å². The molecule has 4 heteroatoms. The van der Waals surface area contributed by atoms with Crippen molar-refractivity contribution in [3.8, 4) is 5.75 Å². The van der Waals surface area contributed by atoms with Crippen molar-refractivity contribution in [2.24, 2.45) is 0 Å². The minimum absolute atomic E-state index is 0.0782. The lowest BCUT2D eigenvalue weighted by molar-refractivity contribution is 0.0950. The molecule has 0 aliphatic carbocycles. The molecule has 1 amide bonds. The van der Waals surface area contributed by atoms with Gasteiger partial charge in [-0.15, -0.1) is 0 Å². The van der Waals surface area contributed by atoms with Gasteiger partial charge in [0.2, 0.25) is 0 Å². The molecule has 0 aliphatic heterocycles. The van der Waals surface area contributed by atoms with Crippen LogP contribution < -0.4 is 15.8 Å². The van der Waals surface area contributed by atoms with Gasteiger partial charge in [0.05, 0.1) is 12.8 Å². The summed E-state index contributed by atoms with van der Waals surface area (Å²) < 4.78 is 5.11. The van der Waals surface area contributed by atoms with Gasteiger partial charge in [-0.3, -0.25) is 4.79 Å². The molecule has 0 spiro atoms. The minimum Gasteiger partial charge on any atom is -0.495 e. The van der Waals surface area contributed by atoms with Crippen molar-refractivity contribution in [1.82, 2.24) is 5.32 Å². The molecule has 0 aromatic heterocycles. The molecular formula is C17H20N2O2. The number of amides is 1. The van der Waals surface area contributed by atoms with Crippen molar-refractivity contribution in [1.29, 1.82) is 0 Å². The highest BCUT2D eigenvalue weighted by molar-refractivity contribution is 5.95. The quantitative estimate of drug-likeness (QED) is 0.849. The van der Waals surface area contributed by atoms with Gasteiger partial charge >= 0.3 is 0 Å². The monoisotopic (exact) mass is 284 g/mol. The molecule has 0 radical (unpaired) electrons. The molecule has 3 N–H and O–H groups in total. The molecule has 0 fully saturated rings. The summed E-state index contributed by atoms with van der Waals surface area (Å²) in [6.07, 6.45) is 0. The van der Waals surface area contributed by atoms with Crippen molar-refractivity contribution in [3.05, 3.63) is 58.7 Å². The van der Waals surface area contributed by atoms with Crippen molar-refractivity contribution >= 4 is 11.6 Å². The van der Waals surface area contributed by atoms with E-state index in [-0.39, 0.29) is 5.91 Å². The second-order valence-electron chi connectivity index (χ2n) is 5.08. The number of hydrogen-bond donors (Lipinski definition) is 2. The predicted molar refractivity (Wildman–Crippen MR) is 84.5 cm³/mol. The van der Waals surface area contributed by atoms with E-state index in [1.54, 1.807) is 13.2 Å². The van der Waals surface area contributed by atoms with E-state index in [1.807, 2.05) is 44.2 Å². The van der Waals surface area contributed by atoms with Gasteiger partial charge in [0.25, 0.3) is 5.91 Å². The Bertz CT molecular complexity index is 666. The van der Waals surface area contributed by atoms with Crippen LogP contribution >= 0.6 is 0 Å². The van der Waals surface area contributed by atoms with Crippen molar-refractivity contribution < 1.29 is 9.53 Å². The van der Waals surface area contributed by atoms with E-state index in [9.17, 15) is 4.79 Å². The first-order chi connectivity index (χ1) is 10.0. The number of benzene rings is 2. The number of rotatable bonds is 4. The van der Waals surface area contributed by atoms with Crippen molar-refractivity contribution in [2.45, 2.75) is 20.4 Å². The molecule has 2 aromatic carbocycles. The molecule has 110 valence electrons. The maximum absolute atomic E-state index is 12.2. The molecule has 2 aromatic rings. The average Bonchev–Trinajstić information content (AvgIpc) is 2.47. The molecule has 0 saturated heterocycles. The van der Waals surface area contributed by atoms with Crippen LogP contribution in [0.1, 0.15) is 27.0 Å². The lowest BCUT2D eigenvalue weighted by Crippen LogP contribution is -2.23. The second kappa shape index (κ2) is 6.31. The van der Waals surface area contributed by atoms with Crippen LogP contribution in [0.15, 0.2) is 36.4 Å². The number of nitrogens with one attached hydrogen (secondary N) is 1. The minimum atomic E-state index is -0.0782. The molecule has 0 unspecified atom stereocenters. The van der Waals surface area contributed by atoms with Gasteiger partial charge in [-0.25, -0.2) is 0 Å². The van der Waals surface area contributed by atoms with Gasteiger partial charge < -0.3 is 15.8 Å². The molecule has 0 bridgehead atoms. The van der Waals surface area contributed by atoms with E-state index in [4.69, 9.17) is 10.5 Å². The van der Waals surface area contributed by atoms with Crippen molar-refractivity contribution in [3.63, 3.8) is 0 Å². The average molecular weight is 284 g/mol. The summed E-state index contributed by atoms with van der Waals surface area (Å²) in [5.41, 5.74) is 10.1. The number of nitrogens with two attached hydrogens (primary N) is 1. The van der Waals surface area contributed by atoms with E-state index < -0.39 is 0 Å². The number of anilines is 1. The van der Waals surface area contributed by atoms with Gasteiger partial charge in [0.1, 0.15) is 5.75 Å². The Kier molecular flexibility index (Phi) is 4.48. The first kappa shape index (κ1) is 14.9. The fraction of sp³-hybridized carbons (Fsp3) is 0.235. The van der Waals surface area contributed by atoms with Crippen LogP contribution in [-0.2, 0) is 6.54 Å². The Morgan fingerprint density at radius 3 is 2.62 bits per heavy atom. The highest BCUT2D eigenvalue weighted by atomic mass is 16.5. The molecule has 2 rings (SSSR count). The van der Waals surface area contributed by atoms with E-state index in [0.717, 1.165) is 16.7 Å². The zero-order chi connectivity index (χ0) is 15.4. The van der Waals surface area contributed by atoms with Gasteiger partial charge in [-0.2, -0.15) is 0 Å². The SMILES string of the molecule is COc1ccc(CNC(=O)c2cc(C)ccc2C)cc1N. The summed E-state index contributed by atoms with van der Waals surface area (Å²) >= 11 is 0. The molecule has 0 aliphatic rings. The summed E-state index contributed by atoms with van der Waals surface area (Å²) in [6, 6.07) is 11.3. The zero-order valence-electron chi connectivity index (χ0n) is 12.6. The normalized spacial score (nSPS) is 10.2. The Morgan fingerprint density at radius 1 is 1.19 bits per heavy atom. The summed E-state index contributed by atoms with van der Waals surface area (Å²) in [6.45, 7) is 4.33. The maximum atomic E-state index is 12.2. The molecule has 0 heterocycles. The third kappa shape index (κ3) is 3.54. The molecule has 4 nitrogen and oxygen atoms in total. The smallest absolute Gasteiger partial charge is 0.251 e. The van der Waals surface area contributed by atoms with Crippen LogP contribution in [0.4, 0.5) is 5.69 Å². The second-order valence-corrected chi connectivity index (χ2v) is 5.08. The number of hydrogen-bond acceptors (Lipinski definition) is 3. The Hall–Kier alpha value is -2.49. The molecule has 0 saturated carbocycles. The van der Waals surface area contributed by atoms with Crippen molar-refractivity contribution in [2.75, 3.05) is 12.8 Å². The third-order valence-electron chi connectivity index (χ3n) is 3.38. The number of nitrogen functional groups attached to an aromatic ring is 1. The lowest BCUT2D eigenvalue weighted by atomic mass is 10.0. The first-order valence-corrected chi connectivity index (χ1v) is 6.79. The highest BCUT2D eigenvalue weighted by Crippen LogP contribution is 2.21. The first-order valence-electron chi connectivity index (χ1n) is 6.79. The summed E-state index contributed by atoms with van der Waals surface area (Å²) in [4.78, 5) is 12.2. The molecular weight excluding hydrogens is 264 g/mol. The van der Waals surface area contributed by atoms with Crippen LogP contribution in [0, 0.1) is 13.8 Å². The fourth-order valence-corrected chi connectivity index (χ4v) is 2.15. The van der Waals surface area contributed by atoms with Gasteiger partial charge in [-0.05, 0) is 43.2 Å². The molecule has 0 atom stereocenters. The number of aryl methyl sites for hydroxylation is 2. The standard InChI is InChI=1S/C17H20N2O2/c1-11-4-5-12(2)14(8-11)17(20)19-10-13-6-7-16(21-3)15(18)9-13/h4-9H,10,18H2,1-3H3,(H,19,20). The Morgan fingerprint density at radius 2 is 1.95 bits per heavy atom.